The zero-order valence-corrected chi connectivity index (χ0v) is 15.2. The lowest BCUT2D eigenvalue weighted by Crippen LogP contribution is -2.17. The van der Waals surface area contributed by atoms with Gasteiger partial charge in [-0.1, -0.05) is 12.1 Å². The first-order valence-corrected chi connectivity index (χ1v) is 8.65. The van der Waals surface area contributed by atoms with Gasteiger partial charge in [0.05, 0.1) is 11.9 Å². The Bertz CT molecular complexity index is 1220. The number of nitrogens with two attached hydrogens (primary N) is 1. The van der Waals surface area contributed by atoms with Crippen LogP contribution in [0.1, 0.15) is 10.4 Å². The number of imidazole rings is 1. The van der Waals surface area contributed by atoms with Crippen LogP contribution in [0, 0.1) is 0 Å². The van der Waals surface area contributed by atoms with Crippen LogP contribution in [0.4, 0.5) is 24.7 Å². The molecule has 3 N–H and O–H groups in total. The van der Waals surface area contributed by atoms with Gasteiger partial charge >= 0.3 is 6.36 Å². The number of amides is 1. The van der Waals surface area contributed by atoms with Crippen LogP contribution >= 0.6 is 0 Å². The zero-order valence-electron chi connectivity index (χ0n) is 15.2. The van der Waals surface area contributed by atoms with Crippen molar-refractivity contribution in [3.05, 3.63) is 72.7 Å². The van der Waals surface area contributed by atoms with Gasteiger partial charge in [0.25, 0.3) is 5.91 Å². The van der Waals surface area contributed by atoms with Gasteiger partial charge in [-0.05, 0) is 36.4 Å². The zero-order chi connectivity index (χ0) is 21.3. The molecule has 0 spiro atoms. The van der Waals surface area contributed by atoms with Crippen LogP contribution < -0.4 is 15.8 Å². The summed E-state index contributed by atoms with van der Waals surface area (Å²) in [5, 5.41) is 2.72. The van der Waals surface area contributed by atoms with E-state index in [1.54, 1.807) is 41.2 Å². The second-order valence-electron chi connectivity index (χ2n) is 6.26. The molecular weight excluding hydrogens is 399 g/mol. The number of carbonyl (C=O) groups excluding carboxylic acids is 1. The number of alkyl halides is 3. The number of aromatic nitrogens is 3. The number of carbonyl (C=O) groups is 1. The second kappa shape index (κ2) is 7.39. The van der Waals surface area contributed by atoms with Gasteiger partial charge in [-0.15, -0.1) is 13.2 Å². The Balaban J connectivity index is 1.54. The molecule has 152 valence electrons. The number of ether oxygens (including phenoxy) is 1. The number of nitrogen functional groups attached to an aromatic ring is 1. The highest BCUT2D eigenvalue weighted by Gasteiger charge is 2.31. The Kier molecular flexibility index (Phi) is 4.74. The molecule has 2 heterocycles. The summed E-state index contributed by atoms with van der Waals surface area (Å²) in [7, 11) is 0. The summed E-state index contributed by atoms with van der Waals surface area (Å²) in [5.74, 6) is -0.578. The number of nitrogens with zero attached hydrogens (tertiary/aromatic N) is 3. The van der Waals surface area contributed by atoms with Crippen LogP contribution in [0.2, 0.25) is 0 Å². The molecule has 4 aromatic rings. The smallest absolute Gasteiger partial charge is 0.406 e. The van der Waals surface area contributed by atoms with Crippen molar-refractivity contribution in [1.29, 1.82) is 0 Å². The lowest BCUT2D eigenvalue weighted by atomic mass is 10.1. The molecule has 0 unspecified atom stereocenters. The monoisotopic (exact) mass is 413 g/mol. The molecule has 7 nitrogen and oxygen atoms in total. The van der Waals surface area contributed by atoms with Gasteiger partial charge in [0.2, 0.25) is 0 Å². The van der Waals surface area contributed by atoms with E-state index in [9.17, 15) is 18.0 Å². The van der Waals surface area contributed by atoms with Gasteiger partial charge in [0.15, 0.2) is 11.5 Å². The number of rotatable bonds is 4. The fourth-order valence-corrected chi connectivity index (χ4v) is 2.92. The van der Waals surface area contributed by atoms with Crippen molar-refractivity contribution in [3.8, 4) is 17.0 Å². The minimum Gasteiger partial charge on any atom is -0.406 e. The highest BCUT2D eigenvalue weighted by molar-refractivity contribution is 6.04. The summed E-state index contributed by atoms with van der Waals surface area (Å²) in [6.07, 6.45) is 0.144. The molecule has 2 aromatic heterocycles. The normalized spacial score (nSPS) is 11.4. The Morgan fingerprint density at radius 3 is 2.60 bits per heavy atom. The van der Waals surface area contributed by atoms with Crippen molar-refractivity contribution in [2.75, 3.05) is 11.1 Å². The molecule has 0 aliphatic carbocycles. The van der Waals surface area contributed by atoms with Crippen molar-refractivity contribution in [1.82, 2.24) is 14.4 Å². The first-order valence-electron chi connectivity index (χ1n) is 8.65. The Morgan fingerprint density at radius 2 is 1.87 bits per heavy atom. The highest BCUT2D eigenvalue weighted by atomic mass is 19.4. The van der Waals surface area contributed by atoms with Crippen molar-refractivity contribution < 1.29 is 22.7 Å². The largest absolute Gasteiger partial charge is 0.573 e. The molecule has 0 fully saturated rings. The van der Waals surface area contributed by atoms with E-state index in [0.717, 1.165) is 23.4 Å². The Morgan fingerprint density at radius 1 is 1.10 bits per heavy atom. The van der Waals surface area contributed by atoms with Gasteiger partial charge in [0, 0.05) is 29.2 Å². The molecule has 1 amide bonds. The number of anilines is 2. The fourth-order valence-electron chi connectivity index (χ4n) is 2.92. The Labute approximate surface area is 167 Å². The van der Waals surface area contributed by atoms with Gasteiger partial charge in [-0.25, -0.2) is 9.97 Å². The number of halogens is 3. The van der Waals surface area contributed by atoms with Crippen molar-refractivity contribution in [2.45, 2.75) is 6.36 Å². The molecule has 0 saturated heterocycles. The predicted molar refractivity (Wildman–Crippen MR) is 104 cm³/mol. The van der Waals surface area contributed by atoms with Crippen molar-refractivity contribution >= 4 is 23.1 Å². The van der Waals surface area contributed by atoms with E-state index in [4.69, 9.17) is 5.73 Å². The first kappa shape index (κ1) is 19.2. The maximum absolute atomic E-state index is 12.4. The van der Waals surface area contributed by atoms with Crippen LogP contribution in [0.3, 0.4) is 0 Å². The molecular formula is C20H14F3N5O2. The maximum Gasteiger partial charge on any atom is 0.573 e. The SMILES string of the molecule is Nc1nccn2c(-c3cccc(NC(=O)c4ccc(OC(F)(F)F)cc4)c3)cnc12. The molecule has 0 saturated carbocycles. The molecule has 0 radical (unpaired) electrons. The number of benzene rings is 2. The molecule has 0 aliphatic rings. The molecule has 2 aromatic carbocycles. The number of hydrogen-bond donors (Lipinski definition) is 2. The minimum absolute atomic E-state index is 0.184. The quantitative estimate of drug-likeness (QED) is 0.525. The van der Waals surface area contributed by atoms with Crippen molar-refractivity contribution in [2.24, 2.45) is 0 Å². The third-order valence-electron chi connectivity index (χ3n) is 4.22. The van der Waals surface area contributed by atoms with Gasteiger partial charge in [-0.2, -0.15) is 0 Å². The molecule has 0 atom stereocenters. The lowest BCUT2D eigenvalue weighted by Gasteiger charge is -2.10. The van der Waals surface area contributed by atoms with E-state index in [0.29, 0.717) is 17.2 Å². The first-order chi connectivity index (χ1) is 14.3. The summed E-state index contributed by atoms with van der Waals surface area (Å²) in [4.78, 5) is 20.7. The standard InChI is InChI=1S/C20H14F3N5O2/c21-20(22,23)30-15-6-4-12(5-7-15)19(29)27-14-3-1-2-13(10-14)16-11-26-18-17(24)25-8-9-28(16)18/h1-11H,(H2,24,25)(H,27,29). The predicted octanol–water partition coefficient (Wildman–Crippen LogP) is 4.13. The number of fused-ring (bicyclic) bond motifs is 1. The summed E-state index contributed by atoms with van der Waals surface area (Å²) < 4.78 is 42.3. The van der Waals surface area contributed by atoms with E-state index in [1.165, 1.54) is 12.1 Å². The molecule has 0 bridgehead atoms. The van der Waals surface area contributed by atoms with Crippen molar-refractivity contribution in [3.63, 3.8) is 0 Å². The second-order valence-corrected chi connectivity index (χ2v) is 6.26. The third kappa shape index (κ3) is 4.02. The van der Waals surface area contributed by atoms with Gasteiger partial charge < -0.3 is 15.8 Å². The maximum atomic E-state index is 12.4. The van der Waals surface area contributed by atoms with E-state index in [-0.39, 0.29) is 5.56 Å². The third-order valence-corrected chi connectivity index (χ3v) is 4.22. The van der Waals surface area contributed by atoms with E-state index >= 15 is 0 Å². The Hall–Kier alpha value is -4.08. The van der Waals surface area contributed by atoms with Crippen LogP contribution in [-0.2, 0) is 0 Å². The molecule has 30 heavy (non-hydrogen) atoms. The average Bonchev–Trinajstić information content (AvgIpc) is 3.13. The summed E-state index contributed by atoms with van der Waals surface area (Å²) >= 11 is 0. The summed E-state index contributed by atoms with van der Waals surface area (Å²) in [6, 6.07) is 11.7. The topological polar surface area (TPSA) is 94.5 Å². The number of hydrogen-bond acceptors (Lipinski definition) is 5. The molecule has 10 heteroatoms. The van der Waals surface area contributed by atoms with Gasteiger partial charge in [-0.3, -0.25) is 9.20 Å². The van der Waals surface area contributed by atoms with E-state index < -0.39 is 18.0 Å². The van der Waals surface area contributed by atoms with E-state index in [1.807, 2.05) is 6.07 Å². The van der Waals surface area contributed by atoms with E-state index in [2.05, 4.69) is 20.0 Å². The van der Waals surface area contributed by atoms with Crippen LogP contribution in [0.5, 0.6) is 5.75 Å². The molecule has 0 aliphatic heterocycles. The minimum atomic E-state index is -4.79. The van der Waals surface area contributed by atoms with Gasteiger partial charge in [0.1, 0.15) is 5.75 Å². The van der Waals surface area contributed by atoms with Crippen LogP contribution in [0.25, 0.3) is 16.9 Å². The lowest BCUT2D eigenvalue weighted by molar-refractivity contribution is -0.274. The molecule has 4 rings (SSSR count). The van der Waals surface area contributed by atoms with Crippen LogP contribution in [0.15, 0.2) is 67.1 Å². The highest BCUT2D eigenvalue weighted by Crippen LogP contribution is 2.26. The number of nitrogens with one attached hydrogen (secondary N) is 1. The van der Waals surface area contributed by atoms with Crippen LogP contribution in [-0.4, -0.2) is 26.6 Å². The fraction of sp³-hybridized carbons (Fsp3) is 0.0500. The summed E-state index contributed by atoms with van der Waals surface area (Å²) in [5.41, 5.74) is 8.57. The average molecular weight is 413 g/mol. The summed E-state index contributed by atoms with van der Waals surface area (Å²) in [6.45, 7) is 0.